The summed E-state index contributed by atoms with van der Waals surface area (Å²) in [6.07, 6.45) is -3.34. The molecule has 0 aliphatic carbocycles. The van der Waals surface area contributed by atoms with Gasteiger partial charge in [-0.05, 0) is 31.9 Å². The third kappa shape index (κ3) is 6.89. The second-order valence-electron chi connectivity index (χ2n) is 9.01. The number of hydrogen-bond donors (Lipinski definition) is 2. The van der Waals surface area contributed by atoms with Crippen molar-refractivity contribution in [1.29, 1.82) is 0 Å². The Morgan fingerprint density at radius 3 is 2.03 bits per heavy atom. The van der Waals surface area contributed by atoms with E-state index in [1.54, 1.807) is 69.3 Å². The van der Waals surface area contributed by atoms with Gasteiger partial charge in [-0.15, -0.1) is 0 Å². The molecule has 1 aliphatic rings. The molecule has 0 bridgehead atoms. The fourth-order valence-corrected chi connectivity index (χ4v) is 4.73. The Labute approximate surface area is 208 Å². The number of rotatable bonds is 6. The molecule has 1 saturated heterocycles. The van der Waals surface area contributed by atoms with Crippen LogP contribution in [0.15, 0.2) is 60.7 Å². The molecule has 188 valence electrons. The number of esters is 1. The molecule has 1 fully saturated rings. The van der Waals surface area contributed by atoms with Crippen molar-refractivity contribution >= 4 is 29.9 Å². The Morgan fingerprint density at radius 1 is 1.00 bits per heavy atom. The van der Waals surface area contributed by atoms with E-state index in [1.807, 2.05) is 12.1 Å². The maximum atomic E-state index is 13.3. The molecule has 2 amide bonds. The fourth-order valence-electron chi connectivity index (χ4n) is 3.37. The number of thioether (sulfide) groups is 1. The molecule has 35 heavy (non-hydrogen) atoms. The molecule has 3 rings (SSSR count). The number of nitrogens with one attached hydrogen (secondary N) is 1. The SMILES string of the molecule is CC(C)(C)OC(=O)[C@]1(N(NC(=O)OCc2ccccc2)C(=O)OCc2ccccc2)CSCC1O. The van der Waals surface area contributed by atoms with Crippen LogP contribution in [0.1, 0.15) is 31.9 Å². The average Bonchev–Trinajstić information content (AvgIpc) is 3.22. The van der Waals surface area contributed by atoms with Crippen LogP contribution in [0.2, 0.25) is 0 Å². The lowest BCUT2D eigenvalue weighted by Gasteiger charge is -2.40. The normalized spacial score (nSPS) is 19.5. The third-order valence-electron chi connectivity index (χ3n) is 5.10. The number of aliphatic hydroxyl groups excluding tert-OH is 1. The highest BCUT2D eigenvalue weighted by atomic mass is 32.2. The van der Waals surface area contributed by atoms with Gasteiger partial charge >= 0.3 is 18.2 Å². The standard InChI is InChI=1S/C25H30N2O7S/c1-24(2,3)34-21(29)25(17-35-16-20(25)28)27(23(31)33-15-19-12-8-5-9-13-19)26-22(30)32-14-18-10-6-4-7-11-18/h4-13,20,28H,14-17H2,1-3H3,(H,26,30)/t20?,25-/m0/s1. The third-order valence-corrected chi connectivity index (χ3v) is 6.30. The fraction of sp³-hybridized carbons (Fsp3) is 0.400. The van der Waals surface area contributed by atoms with Crippen LogP contribution in [0.25, 0.3) is 0 Å². The van der Waals surface area contributed by atoms with E-state index in [0.29, 0.717) is 10.6 Å². The molecule has 2 aromatic rings. The van der Waals surface area contributed by atoms with Crippen molar-refractivity contribution < 1.29 is 33.7 Å². The van der Waals surface area contributed by atoms with Crippen LogP contribution in [-0.2, 0) is 32.2 Å². The first-order valence-corrected chi connectivity index (χ1v) is 12.2. The minimum absolute atomic E-state index is 0.0114. The maximum Gasteiger partial charge on any atom is 0.430 e. The van der Waals surface area contributed by atoms with Crippen LogP contribution in [-0.4, -0.2) is 57.0 Å². The number of aliphatic hydroxyl groups is 1. The number of hydrazine groups is 1. The van der Waals surface area contributed by atoms with E-state index in [2.05, 4.69) is 5.43 Å². The number of benzene rings is 2. The average molecular weight is 503 g/mol. The molecule has 0 radical (unpaired) electrons. The van der Waals surface area contributed by atoms with Gasteiger partial charge in [-0.2, -0.15) is 16.8 Å². The highest BCUT2D eigenvalue weighted by molar-refractivity contribution is 7.99. The van der Waals surface area contributed by atoms with Crippen molar-refractivity contribution in [1.82, 2.24) is 10.4 Å². The number of ether oxygens (including phenoxy) is 3. The quantitative estimate of drug-likeness (QED) is 0.350. The summed E-state index contributed by atoms with van der Waals surface area (Å²) in [5, 5.41) is 11.6. The largest absolute Gasteiger partial charge is 0.458 e. The van der Waals surface area contributed by atoms with Crippen molar-refractivity contribution in [2.45, 2.75) is 51.2 Å². The van der Waals surface area contributed by atoms with Gasteiger partial charge in [0.15, 0.2) is 5.54 Å². The van der Waals surface area contributed by atoms with Crippen LogP contribution in [0.5, 0.6) is 0 Å². The lowest BCUT2D eigenvalue weighted by Crippen LogP contribution is -2.69. The van der Waals surface area contributed by atoms with Gasteiger partial charge in [0.25, 0.3) is 0 Å². The van der Waals surface area contributed by atoms with Crippen LogP contribution in [0, 0.1) is 0 Å². The second-order valence-corrected chi connectivity index (χ2v) is 10.0. The van der Waals surface area contributed by atoms with E-state index in [1.165, 1.54) is 11.8 Å². The molecule has 2 N–H and O–H groups in total. The van der Waals surface area contributed by atoms with Crippen molar-refractivity contribution in [2.24, 2.45) is 0 Å². The van der Waals surface area contributed by atoms with E-state index in [0.717, 1.165) is 5.56 Å². The maximum absolute atomic E-state index is 13.3. The number of hydrogen-bond acceptors (Lipinski definition) is 8. The molecule has 1 heterocycles. The molecule has 0 aromatic heterocycles. The molecule has 10 heteroatoms. The monoisotopic (exact) mass is 502 g/mol. The Hall–Kier alpha value is -3.24. The summed E-state index contributed by atoms with van der Waals surface area (Å²) in [6, 6.07) is 17.9. The van der Waals surface area contributed by atoms with Crippen molar-refractivity contribution in [2.75, 3.05) is 11.5 Å². The zero-order valence-electron chi connectivity index (χ0n) is 19.9. The Balaban J connectivity index is 1.84. The summed E-state index contributed by atoms with van der Waals surface area (Å²) in [4.78, 5) is 39.3. The molecule has 1 unspecified atom stereocenters. The van der Waals surface area contributed by atoms with Gasteiger partial charge in [0.1, 0.15) is 24.9 Å². The van der Waals surface area contributed by atoms with Gasteiger partial charge < -0.3 is 19.3 Å². The molecule has 2 atom stereocenters. The smallest absolute Gasteiger partial charge is 0.430 e. The van der Waals surface area contributed by atoms with Gasteiger partial charge in [-0.3, -0.25) is 0 Å². The van der Waals surface area contributed by atoms with Crippen LogP contribution < -0.4 is 5.43 Å². The summed E-state index contributed by atoms with van der Waals surface area (Å²) in [6.45, 7) is 4.85. The van der Waals surface area contributed by atoms with Crippen LogP contribution >= 0.6 is 11.8 Å². The number of nitrogens with zero attached hydrogens (tertiary/aromatic N) is 1. The van der Waals surface area contributed by atoms with E-state index in [-0.39, 0.29) is 24.7 Å². The van der Waals surface area contributed by atoms with Gasteiger partial charge in [-0.1, -0.05) is 60.7 Å². The molecular weight excluding hydrogens is 472 g/mol. The van der Waals surface area contributed by atoms with Crippen molar-refractivity contribution in [3.8, 4) is 0 Å². The van der Waals surface area contributed by atoms with E-state index >= 15 is 0 Å². The van der Waals surface area contributed by atoms with Gasteiger partial charge in [0.05, 0.1) is 0 Å². The molecule has 0 spiro atoms. The highest BCUT2D eigenvalue weighted by Crippen LogP contribution is 2.36. The van der Waals surface area contributed by atoms with Gasteiger partial charge in [-0.25, -0.2) is 19.8 Å². The predicted octanol–water partition coefficient (Wildman–Crippen LogP) is 3.65. The zero-order valence-corrected chi connectivity index (χ0v) is 20.7. The van der Waals surface area contributed by atoms with E-state index in [4.69, 9.17) is 14.2 Å². The number of carbonyl (C=O) groups is 3. The minimum Gasteiger partial charge on any atom is -0.458 e. The summed E-state index contributed by atoms with van der Waals surface area (Å²) in [5.74, 6) is -0.715. The summed E-state index contributed by atoms with van der Waals surface area (Å²) >= 11 is 1.25. The molecule has 9 nitrogen and oxygen atoms in total. The molecular formula is C25H30N2O7S. The van der Waals surface area contributed by atoms with Gasteiger partial charge in [0.2, 0.25) is 0 Å². The first-order valence-electron chi connectivity index (χ1n) is 11.1. The topological polar surface area (TPSA) is 114 Å². The minimum atomic E-state index is -1.91. The molecule has 1 aliphatic heterocycles. The summed E-state index contributed by atoms with van der Waals surface area (Å²) < 4.78 is 16.2. The Bertz CT molecular complexity index is 1010. The molecule has 2 aromatic carbocycles. The zero-order chi connectivity index (χ0) is 25.5. The van der Waals surface area contributed by atoms with E-state index in [9.17, 15) is 19.5 Å². The Kier molecular flexibility index (Phi) is 8.63. The lowest BCUT2D eigenvalue weighted by molar-refractivity contribution is -0.175. The molecule has 0 saturated carbocycles. The predicted molar refractivity (Wildman–Crippen MR) is 130 cm³/mol. The first kappa shape index (κ1) is 26.4. The van der Waals surface area contributed by atoms with E-state index < -0.39 is 35.4 Å². The van der Waals surface area contributed by atoms with Crippen molar-refractivity contribution in [3.63, 3.8) is 0 Å². The second kappa shape index (κ2) is 11.5. The summed E-state index contributed by atoms with van der Waals surface area (Å²) in [5.41, 5.74) is 0.967. The van der Waals surface area contributed by atoms with Crippen LogP contribution in [0.3, 0.4) is 0 Å². The van der Waals surface area contributed by atoms with Crippen molar-refractivity contribution in [3.05, 3.63) is 71.8 Å². The lowest BCUT2D eigenvalue weighted by atomic mass is 9.94. The summed E-state index contributed by atoms with van der Waals surface area (Å²) in [7, 11) is 0. The highest BCUT2D eigenvalue weighted by Gasteiger charge is 2.59. The Morgan fingerprint density at radius 2 is 1.54 bits per heavy atom. The van der Waals surface area contributed by atoms with Crippen LogP contribution in [0.4, 0.5) is 9.59 Å². The number of amides is 2. The first-order chi connectivity index (χ1) is 16.6. The number of carbonyl (C=O) groups excluding carboxylic acids is 3. The van der Waals surface area contributed by atoms with Gasteiger partial charge in [0, 0.05) is 11.5 Å².